The maximum absolute atomic E-state index is 13.6. The predicted octanol–water partition coefficient (Wildman–Crippen LogP) is 5.22. The molecule has 0 unspecified atom stereocenters. The number of carbonyl (C=O) groups excluding carboxylic acids is 1. The molecule has 0 saturated carbocycles. The van der Waals surface area contributed by atoms with Crippen molar-refractivity contribution in [3.05, 3.63) is 85.3 Å². The summed E-state index contributed by atoms with van der Waals surface area (Å²) in [5.41, 5.74) is 9.12. The first-order chi connectivity index (χ1) is 19.0. The fraction of sp³-hybridized carbons (Fsp3) is 0.379. The molecule has 0 bridgehead atoms. The molecule has 1 atom stereocenters. The van der Waals surface area contributed by atoms with Crippen molar-refractivity contribution in [1.82, 2.24) is 4.90 Å². The number of ketones is 1. The second kappa shape index (κ2) is 11.6. The summed E-state index contributed by atoms with van der Waals surface area (Å²) in [5, 5.41) is 21.4. The van der Waals surface area contributed by atoms with Crippen molar-refractivity contribution in [3.8, 4) is 17.6 Å². The van der Waals surface area contributed by atoms with Gasteiger partial charge in [0.2, 0.25) is 0 Å². The van der Waals surface area contributed by atoms with Gasteiger partial charge in [0, 0.05) is 43.5 Å². The number of nitrogens with zero attached hydrogens (tertiary/aromatic N) is 3. The fourth-order valence-corrected chi connectivity index (χ4v) is 5.54. The van der Waals surface area contributed by atoms with Gasteiger partial charge in [-0.3, -0.25) is 14.9 Å². The summed E-state index contributed by atoms with van der Waals surface area (Å²) in [6.45, 7) is 4.94. The fourth-order valence-electron chi connectivity index (χ4n) is 5.26. The van der Waals surface area contributed by atoms with Gasteiger partial charge in [0.05, 0.1) is 41.2 Å². The molecule has 1 aliphatic heterocycles. The molecule has 40 heavy (non-hydrogen) atoms. The molecule has 1 aliphatic carbocycles. The third-order valence-electron chi connectivity index (χ3n) is 7.12. The van der Waals surface area contributed by atoms with Gasteiger partial charge >= 0.3 is 0 Å². The molecular formula is C29H31ClN4O6. The van der Waals surface area contributed by atoms with Gasteiger partial charge in [-0.05, 0) is 47.2 Å². The minimum Gasteiger partial charge on any atom is -0.493 e. The quantitative estimate of drug-likeness (QED) is 0.319. The number of nitro groups is 1. The number of benzene rings is 2. The highest BCUT2D eigenvalue weighted by Gasteiger charge is 2.44. The van der Waals surface area contributed by atoms with E-state index in [-0.39, 0.29) is 45.7 Å². The Morgan fingerprint density at radius 2 is 1.93 bits per heavy atom. The van der Waals surface area contributed by atoms with E-state index >= 15 is 0 Å². The summed E-state index contributed by atoms with van der Waals surface area (Å²) >= 11 is 6.69. The normalized spacial score (nSPS) is 18.4. The summed E-state index contributed by atoms with van der Waals surface area (Å²) in [6.07, 6.45) is 0.940. The molecular weight excluding hydrogens is 536 g/mol. The minimum absolute atomic E-state index is 0.0214. The van der Waals surface area contributed by atoms with Crippen LogP contribution in [0.5, 0.6) is 11.5 Å². The summed E-state index contributed by atoms with van der Waals surface area (Å²) in [5.74, 6) is 0.0878. The van der Waals surface area contributed by atoms with Gasteiger partial charge in [-0.2, -0.15) is 5.26 Å². The smallest absolute Gasteiger partial charge is 0.269 e. The van der Waals surface area contributed by atoms with Crippen LogP contribution in [0, 0.1) is 26.9 Å². The van der Waals surface area contributed by atoms with Crippen LogP contribution >= 0.6 is 11.6 Å². The lowest BCUT2D eigenvalue weighted by molar-refractivity contribution is -0.384. The lowest BCUT2D eigenvalue weighted by Crippen LogP contribution is -2.43. The zero-order chi connectivity index (χ0) is 29.2. The van der Waals surface area contributed by atoms with Gasteiger partial charge in [0.15, 0.2) is 17.3 Å². The number of ether oxygens (including phenoxy) is 3. The highest BCUT2D eigenvalue weighted by atomic mass is 35.5. The lowest BCUT2D eigenvalue weighted by Gasteiger charge is -2.43. The van der Waals surface area contributed by atoms with E-state index in [1.165, 1.54) is 19.2 Å². The molecule has 4 rings (SSSR count). The highest BCUT2D eigenvalue weighted by molar-refractivity contribution is 6.32. The van der Waals surface area contributed by atoms with Crippen molar-refractivity contribution in [2.45, 2.75) is 39.2 Å². The van der Waals surface area contributed by atoms with Crippen LogP contribution in [0.1, 0.15) is 43.7 Å². The third kappa shape index (κ3) is 5.62. The number of nitro benzene ring substituents is 1. The van der Waals surface area contributed by atoms with Gasteiger partial charge in [-0.15, -0.1) is 0 Å². The van der Waals surface area contributed by atoms with Crippen LogP contribution in [0.15, 0.2) is 59.1 Å². The van der Waals surface area contributed by atoms with E-state index in [0.29, 0.717) is 48.4 Å². The number of halogens is 1. The number of non-ortho nitro benzene ring substituents is 1. The second-order valence-electron chi connectivity index (χ2n) is 10.5. The van der Waals surface area contributed by atoms with Crippen molar-refractivity contribution < 1.29 is 23.9 Å². The van der Waals surface area contributed by atoms with Crippen LogP contribution in [-0.2, 0) is 16.1 Å². The molecule has 0 fully saturated rings. The molecule has 2 aromatic rings. The number of hydrogen-bond donors (Lipinski definition) is 1. The molecule has 0 aromatic heterocycles. The van der Waals surface area contributed by atoms with Crippen LogP contribution in [0.2, 0.25) is 5.02 Å². The number of rotatable bonds is 9. The molecule has 0 saturated heterocycles. The Morgan fingerprint density at radius 3 is 2.52 bits per heavy atom. The van der Waals surface area contributed by atoms with E-state index in [1.54, 1.807) is 31.4 Å². The van der Waals surface area contributed by atoms with Crippen molar-refractivity contribution in [1.29, 1.82) is 5.26 Å². The molecule has 10 nitrogen and oxygen atoms in total. The Hall–Kier alpha value is -4.07. The first-order valence-electron chi connectivity index (χ1n) is 12.7. The number of Topliss-reactive ketones (excluding diaryl/α,β-unsaturated/α-hetero) is 1. The van der Waals surface area contributed by atoms with Crippen molar-refractivity contribution in [2.75, 3.05) is 27.4 Å². The van der Waals surface area contributed by atoms with E-state index in [2.05, 4.69) is 6.07 Å². The van der Waals surface area contributed by atoms with Crippen molar-refractivity contribution in [2.24, 2.45) is 11.1 Å². The Morgan fingerprint density at radius 1 is 1.23 bits per heavy atom. The molecule has 2 N–H and O–H groups in total. The van der Waals surface area contributed by atoms with Gasteiger partial charge in [-0.25, -0.2) is 0 Å². The zero-order valence-corrected chi connectivity index (χ0v) is 23.6. The maximum atomic E-state index is 13.6. The zero-order valence-electron chi connectivity index (χ0n) is 22.8. The van der Waals surface area contributed by atoms with Crippen LogP contribution in [0.3, 0.4) is 0 Å². The average molecular weight is 567 g/mol. The number of allylic oxidation sites excluding steroid dienone is 3. The highest BCUT2D eigenvalue weighted by Crippen LogP contribution is 2.50. The van der Waals surface area contributed by atoms with Crippen molar-refractivity contribution in [3.63, 3.8) is 0 Å². The molecule has 210 valence electrons. The minimum atomic E-state index is -0.725. The monoisotopic (exact) mass is 566 g/mol. The topological polar surface area (TPSA) is 141 Å². The van der Waals surface area contributed by atoms with Crippen LogP contribution in [0.4, 0.5) is 5.69 Å². The molecule has 11 heteroatoms. The van der Waals surface area contributed by atoms with Crippen molar-refractivity contribution >= 4 is 23.1 Å². The summed E-state index contributed by atoms with van der Waals surface area (Å²) < 4.78 is 16.8. The summed E-state index contributed by atoms with van der Waals surface area (Å²) in [4.78, 5) is 25.9. The number of methoxy groups -OCH3 is 2. The van der Waals surface area contributed by atoms with E-state index in [9.17, 15) is 20.2 Å². The molecule has 0 spiro atoms. The van der Waals surface area contributed by atoms with Crippen LogP contribution < -0.4 is 15.2 Å². The molecule has 1 heterocycles. The standard InChI is InChI=1S/C29H31ClN4O6/c1-29(2)13-22-26(23(35)14-29)25(20(15-31)28(32)33(22)9-10-38-3)18-11-21(30)27(24(12-18)39-4)40-16-17-5-7-19(8-6-17)34(36)37/h5-8,11-12,25H,9-10,13-14,16,32H2,1-4H3/t25-/m1/s1. The van der Waals surface area contributed by atoms with Crippen LogP contribution in [0.25, 0.3) is 0 Å². The van der Waals surface area contributed by atoms with Gasteiger partial charge < -0.3 is 24.8 Å². The number of hydrogen-bond acceptors (Lipinski definition) is 9. The largest absolute Gasteiger partial charge is 0.493 e. The summed E-state index contributed by atoms with van der Waals surface area (Å²) in [6, 6.07) is 11.6. The first-order valence-corrected chi connectivity index (χ1v) is 13.0. The van der Waals surface area contributed by atoms with Gasteiger partial charge in [-0.1, -0.05) is 25.4 Å². The Balaban J connectivity index is 1.75. The molecule has 0 amide bonds. The number of nitriles is 1. The third-order valence-corrected chi connectivity index (χ3v) is 7.40. The number of nitrogens with two attached hydrogens (primary N) is 1. The summed E-state index contributed by atoms with van der Waals surface area (Å²) in [7, 11) is 3.05. The van der Waals surface area contributed by atoms with E-state index in [4.69, 9.17) is 31.5 Å². The van der Waals surface area contributed by atoms with E-state index < -0.39 is 10.8 Å². The maximum Gasteiger partial charge on any atom is 0.269 e. The Bertz CT molecular complexity index is 1440. The second-order valence-corrected chi connectivity index (χ2v) is 10.9. The molecule has 2 aromatic carbocycles. The average Bonchev–Trinajstić information content (AvgIpc) is 2.90. The van der Waals surface area contributed by atoms with Crippen LogP contribution in [-0.4, -0.2) is 43.0 Å². The molecule has 2 aliphatic rings. The molecule has 0 radical (unpaired) electrons. The lowest BCUT2D eigenvalue weighted by atomic mass is 9.68. The van der Waals surface area contributed by atoms with E-state index in [1.807, 2.05) is 18.7 Å². The van der Waals surface area contributed by atoms with Gasteiger partial charge in [0.1, 0.15) is 12.4 Å². The first kappa shape index (κ1) is 28.9. The SMILES string of the molecule is COCCN1C(N)=C(C#N)[C@@H](c2cc(Cl)c(OCc3ccc([N+](=O)[O-])cc3)c(OC)c2)C2=C1CC(C)(C)CC2=O. The Kier molecular flexibility index (Phi) is 8.37. The Labute approximate surface area is 237 Å². The predicted molar refractivity (Wildman–Crippen MR) is 149 cm³/mol. The van der Waals surface area contributed by atoms with E-state index in [0.717, 1.165) is 5.70 Å². The number of carbonyl (C=O) groups is 1. The van der Waals surface area contributed by atoms with Gasteiger partial charge in [0.25, 0.3) is 5.69 Å².